The van der Waals surface area contributed by atoms with Gasteiger partial charge in [0.15, 0.2) is 0 Å². The van der Waals surface area contributed by atoms with Gasteiger partial charge in [0.2, 0.25) is 0 Å². The maximum absolute atomic E-state index is 6.05. The van der Waals surface area contributed by atoms with Crippen molar-refractivity contribution in [1.29, 1.82) is 0 Å². The van der Waals surface area contributed by atoms with Gasteiger partial charge in [-0.25, -0.2) is 0 Å². The van der Waals surface area contributed by atoms with Crippen LogP contribution in [0.5, 0.6) is 0 Å². The van der Waals surface area contributed by atoms with E-state index in [0.717, 1.165) is 19.0 Å². The van der Waals surface area contributed by atoms with Crippen LogP contribution in [0.25, 0.3) is 10.8 Å². The van der Waals surface area contributed by atoms with Gasteiger partial charge >= 0.3 is 0 Å². The molecule has 1 aliphatic heterocycles. The molecule has 0 saturated carbocycles. The average Bonchev–Trinajstić information content (AvgIpc) is 2.86. The minimum atomic E-state index is 0.295. The number of hydrogen-bond acceptors (Lipinski definition) is 3. The summed E-state index contributed by atoms with van der Waals surface area (Å²) in [4.78, 5) is 6.90. The number of rotatable bonds is 3. The van der Waals surface area contributed by atoms with Gasteiger partial charge in [-0.3, -0.25) is 9.88 Å². The molecular weight excluding hydrogens is 234 g/mol. The van der Waals surface area contributed by atoms with Crippen molar-refractivity contribution in [2.75, 3.05) is 19.6 Å². The lowest BCUT2D eigenvalue weighted by molar-refractivity contribution is 0.245. The molecule has 1 fully saturated rings. The quantitative estimate of drug-likeness (QED) is 0.916. The third-order valence-corrected chi connectivity index (χ3v) is 4.18. The summed E-state index contributed by atoms with van der Waals surface area (Å²) in [5, 5.41) is 2.48. The summed E-state index contributed by atoms with van der Waals surface area (Å²) in [6.07, 6.45) is 5.19. The fraction of sp³-hybridized carbons (Fsp3) is 0.438. The second-order valence-corrected chi connectivity index (χ2v) is 5.59. The lowest BCUT2D eigenvalue weighted by Crippen LogP contribution is -2.32. The van der Waals surface area contributed by atoms with Crippen molar-refractivity contribution in [2.24, 2.45) is 11.7 Å². The molecular formula is C16H21N3. The fourth-order valence-corrected chi connectivity index (χ4v) is 3.13. The van der Waals surface area contributed by atoms with Crippen LogP contribution in [-0.2, 0) is 0 Å². The van der Waals surface area contributed by atoms with Crippen LogP contribution in [0.4, 0.5) is 0 Å². The predicted molar refractivity (Wildman–Crippen MR) is 78.9 cm³/mol. The molecule has 3 heteroatoms. The van der Waals surface area contributed by atoms with Gasteiger partial charge < -0.3 is 5.73 Å². The molecule has 100 valence electrons. The third kappa shape index (κ3) is 2.36. The zero-order chi connectivity index (χ0) is 13.2. The molecule has 1 saturated heterocycles. The maximum atomic E-state index is 6.05. The molecule has 2 aromatic rings. The van der Waals surface area contributed by atoms with E-state index < -0.39 is 0 Å². The molecule has 19 heavy (non-hydrogen) atoms. The Bertz CT molecular complexity index is 561. The second-order valence-electron chi connectivity index (χ2n) is 5.59. The number of hydrogen-bond donors (Lipinski definition) is 1. The van der Waals surface area contributed by atoms with Gasteiger partial charge in [0.1, 0.15) is 0 Å². The van der Waals surface area contributed by atoms with E-state index in [2.05, 4.69) is 41.1 Å². The van der Waals surface area contributed by atoms with E-state index in [1.54, 1.807) is 0 Å². The van der Waals surface area contributed by atoms with Gasteiger partial charge in [-0.15, -0.1) is 0 Å². The van der Waals surface area contributed by atoms with Crippen molar-refractivity contribution in [3.8, 4) is 0 Å². The first-order chi connectivity index (χ1) is 9.29. The van der Waals surface area contributed by atoms with Crippen molar-refractivity contribution in [1.82, 2.24) is 9.88 Å². The normalized spacial score (nSPS) is 21.9. The third-order valence-electron chi connectivity index (χ3n) is 4.18. The van der Waals surface area contributed by atoms with Gasteiger partial charge in [-0.05, 0) is 29.8 Å². The summed E-state index contributed by atoms with van der Waals surface area (Å²) in [5.41, 5.74) is 7.32. The summed E-state index contributed by atoms with van der Waals surface area (Å²) in [5.74, 6) is 0.775. The number of benzene rings is 1. The molecule has 0 amide bonds. The number of nitrogens with zero attached hydrogens (tertiary/aromatic N) is 2. The van der Waals surface area contributed by atoms with E-state index in [1.807, 2.05) is 12.4 Å². The van der Waals surface area contributed by atoms with E-state index in [0.29, 0.717) is 12.6 Å². The monoisotopic (exact) mass is 255 g/mol. The van der Waals surface area contributed by atoms with Crippen molar-refractivity contribution < 1.29 is 0 Å². The van der Waals surface area contributed by atoms with Crippen LogP contribution in [0.2, 0.25) is 0 Å². The minimum absolute atomic E-state index is 0.295. The highest BCUT2D eigenvalue weighted by molar-refractivity contribution is 5.85. The Morgan fingerprint density at radius 1 is 1.37 bits per heavy atom. The molecule has 1 aliphatic rings. The molecule has 3 rings (SSSR count). The Kier molecular flexibility index (Phi) is 3.49. The van der Waals surface area contributed by atoms with Crippen LogP contribution in [0.3, 0.4) is 0 Å². The summed E-state index contributed by atoms with van der Waals surface area (Å²) in [6.45, 7) is 5.26. The van der Waals surface area contributed by atoms with Gasteiger partial charge in [0.05, 0.1) is 0 Å². The molecule has 0 spiro atoms. The molecule has 2 unspecified atom stereocenters. The highest BCUT2D eigenvalue weighted by Gasteiger charge is 2.27. The summed E-state index contributed by atoms with van der Waals surface area (Å²) in [7, 11) is 0. The number of fused-ring (bicyclic) bond motifs is 1. The summed E-state index contributed by atoms with van der Waals surface area (Å²) >= 11 is 0. The van der Waals surface area contributed by atoms with Crippen LogP contribution in [0, 0.1) is 5.92 Å². The van der Waals surface area contributed by atoms with Gasteiger partial charge in [-0.2, -0.15) is 0 Å². The number of likely N-dealkylation sites (tertiary alicyclic amines) is 1. The van der Waals surface area contributed by atoms with E-state index in [9.17, 15) is 0 Å². The van der Waals surface area contributed by atoms with Crippen LogP contribution < -0.4 is 5.73 Å². The Morgan fingerprint density at radius 2 is 2.21 bits per heavy atom. The highest BCUT2D eigenvalue weighted by atomic mass is 15.2. The molecule has 2 atom stereocenters. The molecule has 3 nitrogen and oxygen atoms in total. The van der Waals surface area contributed by atoms with E-state index in [4.69, 9.17) is 5.73 Å². The first-order valence-electron chi connectivity index (χ1n) is 7.06. The molecule has 0 bridgehead atoms. The fourth-order valence-electron chi connectivity index (χ4n) is 3.13. The Morgan fingerprint density at radius 3 is 2.95 bits per heavy atom. The zero-order valence-electron chi connectivity index (χ0n) is 11.4. The molecule has 2 heterocycles. The van der Waals surface area contributed by atoms with E-state index >= 15 is 0 Å². The topological polar surface area (TPSA) is 42.1 Å². The molecule has 2 N–H and O–H groups in total. The van der Waals surface area contributed by atoms with E-state index in [1.165, 1.54) is 22.8 Å². The molecule has 0 aliphatic carbocycles. The van der Waals surface area contributed by atoms with Crippen LogP contribution in [0.15, 0.2) is 36.7 Å². The predicted octanol–water partition coefficient (Wildman–Crippen LogP) is 2.58. The molecule has 0 radical (unpaired) electrons. The van der Waals surface area contributed by atoms with Gasteiger partial charge in [0, 0.05) is 36.9 Å². The van der Waals surface area contributed by atoms with E-state index in [-0.39, 0.29) is 0 Å². The largest absolute Gasteiger partial charge is 0.329 e. The lowest BCUT2D eigenvalue weighted by Gasteiger charge is -2.27. The van der Waals surface area contributed by atoms with Crippen LogP contribution in [-0.4, -0.2) is 29.5 Å². The van der Waals surface area contributed by atoms with Crippen molar-refractivity contribution >= 4 is 10.8 Å². The van der Waals surface area contributed by atoms with Crippen LogP contribution in [0.1, 0.15) is 24.9 Å². The maximum Gasteiger partial charge on any atom is 0.0491 e. The zero-order valence-corrected chi connectivity index (χ0v) is 11.4. The average molecular weight is 255 g/mol. The highest BCUT2D eigenvalue weighted by Crippen LogP contribution is 2.30. The first kappa shape index (κ1) is 12.6. The number of pyridine rings is 1. The van der Waals surface area contributed by atoms with Crippen LogP contribution >= 0.6 is 0 Å². The first-order valence-corrected chi connectivity index (χ1v) is 7.06. The minimum Gasteiger partial charge on any atom is -0.329 e. The Hall–Kier alpha value is -1.45. The summed E-state index contributed by atoms with van der Waals surface area (Å²) in [6, 6.07) is 8.74. The second kappa shape index (κ2) is 5.27. The Balaban J connectivity index is 2.01. The number of nitrogens with two attached hydrogens (primary N) is 1. The molecule has 1 aromatic carbocycles. The van der Waals surface area contributed by atoms with Gasteiger partial charge in [0.25, 0.3) is 0 Å². The Labute approximate surface area is 114 Å². The number of aromatic nitrogens is 1. The lowest BCUT2D eigenvalue weighted by atomic mass is 10.0. The summed E-state index contributed by atoms with van der Waals surface area (Å²) < 4.78 is 0. The standard InChI is InChI=1S/C16H21N3/c1-12-6-7-19(11-12)16(8-17)15-10-18-9-13-4-2-3-5-14(13)15/h2-5,9-10,12,16H,6-8,11,17H2,1H3. The van der Waals surface area contributed by atoms with Gasteiger partial charge in [-0.1, -0.05) is 31.2 Å². The smallest absolute Gasteiger partial charge is 0.0491 e. The molecule has 1 aromatic heterocycles. The van der Waals surface area contributed by atoms with Crippen molar-refractivity contribution in [2.45, 2.75) is 19.4 Å². The SMILES string of the molecule is CC1CCN(C(CN)c2cncc3ccccc23)C1. The van der Waals surface area contributed by atoms with Crippen molar-refractivity contribution in [3.63, 3.8) is 0 Å². The van der Waals surface area contributed by atoms with Crippen molar-refractivity contribution in [3.05, 3.63) is 42.2 Å².